The lowest BCUT2D eigenvalue weighted by atomic mass is 10.1. The Hall–Kier alpha value is -2.09. The quantitative estimate of drug-likeness (QED) is 0.830. The molecule has 0 bridgehead atoms. The molecule has 84 valence electrons. The van der Waals surface area contributed by atoms with Crippen molar-refractivity contribution < 1.29 is 9.90 Å². The van der Waals surface area contributed by atoms with Gasteiger partial charge in [-0.2, -0.15) is 5.26 Å². The van der Waals surface area contributed by atoms with Crippen molar-refractivity contribution in [3.8, 4) is 6.07 Å². The number of rotatable bonds is 4. The number of pyridine rings is 1. The second-order valence-corrected chi connectivity index (χ2v) is 3.52. The Morgan fingerprint density at radius 3 is 3.00 bits per heavy atom. The van der Waals surface area contributed by atoms with Crippen molar-refractivity contribution in [1.82, 2.24) is 4.98 Å². The first kappa shape index (κ1) is 12.0. The van der Waals surface area contributed by atoms with Crippen LogP contribution in [0.3, 0.4) is 0 Å². The summed E-state index contributed by atoms with van der Waals surface area (Å²) in [6.07, 6.45) is 3.20. The molecule has 0 aliphatic carbocycles. The molecule has 1 unspecified atom stereocenters. The van der Waals surface area contributed by atoms with Gasteiger partial charge in [0.2, 0.25) is 0 Å². The van der Waals surface area contributed by atoms with Gasteiger partial charge in [-0.1, -0.05) is 0 Å². The van der Waals surface area contributed by atoms with Gasteiger partial charge in [-0.15, -0.1) is 0 Å². The van der Waals surface area contributed by atoms with E-state index in [4.69, 9.17) is 10.4 Å². The van der Waals surface area contributed by atoms with Gasteiger partial charge in [-0.05, 0) is 13.0 Å². The second kappa shape index (κ2) is 5.12. The predicted molar refractivity (Wildman–Crippen MR) is 59.3 cm³/mol. The van der Waals surface area contributed by atoms with Gasteiger partial charge < -0.3 is 10.0 Å². The van der Waals surface area contributed by atoms with Crippen LogP contribution in [0.1, 0.15) is 23.7 Å². The maximum atomic E-state index is 11.0. The molecule has 1 atom stereocenters. The van der Waals surface area contributed by atoms with E-state index in [2.05, 4.69) is 11.1 Å². The van der Waals surface area contributed by atoms with Crippen LogP contribution in [0.15, 0.2) is 18.5 Å². The van der Waals surface area contributed by atoms with Crippen molar-refractivity contribution >= 4 is 11.7 Å². The van der Waals surface area contributed by atoms with Gasteiger partial charge in [-0.3, -0.25) is 4.98 Å². The summed E-state index contributed by atoms with van der Waals surface area (Å²) in [5.74, 6) is -1.01. The van der Waals surface area contributed by atoms with Crippen LogP contribution >= 0.6 is 0 Å². The first-order chi connectivity index (χ1) is 7.57. The van der Waals surface area contributed by atoms with Crippen LogP contribution in [0, 0.1) is 11.3 Å². The largest absolute Gasteiger partial charge is 0.478 e. The molecular formula is C11H13N3O2. The molecule has 5 nitrogen and oxygen atoms in total. The van der Waals surface area contributed by atoms with Crippen molar-refractivity contribution in [3.05, 3.63) is 24.0 Å². The Labute approximate surface area is 93.9 Å². The van der Waals surface area contributed by atoms with Crippen LogP contribution in [-0.2, 0) is 0 Å². The van der Waals surface area contributed by atoms with E-state index in [1.54, 1.807) is 18.0 Å². The Morgan fingerprint density at radius 1 is 1.75 bits per heavy atom. The van der Waals surface area contributed by atoms with Gasteiger partial charge in [0.25, 0.3) is 0 Å². The number of carbonyl (C=O) groups is 1. The summed E-state index contributed by atoms with van der Waals surface area (Å²) in [4.78, 5) is 16.5. The Balaban J connectivity index is 3.04. The van der Waals surface area contributed by atoms with Crippen molar-refractivity contribution in [2.75, 3.05) is 11.9 Å². The fourth-order valence-corrected chi connectivity index (χ4v) is 1.37. The fraction of sp³-hybridized carbons (Fsp3) is 0.364. The molecule has 0 spiro atoms. The van der Waals surface area contributed by atoms with Crippen molar-refractivity contribution in [2.45, 2.75) is 19.4 Å². The molecule has 1 heterocycles. The van der Waals surface area contributed by atoms with Gasteiger partial charge in [-0.25, -0.2) is 4.79 Å². The maximum Gasteiger partial charge on any atom is 0.339 e. The molecule has 0 radical (unpaired) electrons. The number of aromatic nitrogens is 1. The maximum absolute atomic E-state index is 11.0. The van der Waals surface area contributed by atoms with Crippen LogP contribution < -0.4 is 4.90 Å². The molecule has 0 fully saturated rings. The SMILES string of the molecule is CC(CC#N)N(C)c1ccncc1C(=O)O. The predicted octanol–water partition coefficient (Wildman–Crippen LogP) is 1.52. The van der Waals surface area contributed by atoms with E-state index >= 15 is 0 Å². The van der Waals surface area contributed by atoms with Gasteiger partial charge in [0.15, 0.2) is 0 Å². The molecule has 1 N–H and O–H groups in total. The number of anilines is 1. The monoisotopic (exact) mass is 219 g/mol. The van der Waals surface area contributed by atoms with Gasteiger partial charge in [0.05, 0.1) is 18.2 Å². The van der Waals surface area contributed by atoms with Crippen LogP contribution in [0.4, 0.5) is 5.69 Å². The molecule has 0 saturated carbocycles. The lowest BCUT2D eigenvalue weighted by Gasteiger charge is -2.26. The molecule has 16 heavy (non-hydrogen) atoms. The number of nitrogens with zero attached hydrogens (tertiary/aromatic N) is 3. The number of hydrogen-bond acceptors (Lipinski definition) is 4. The molecular weight excluding hydrogens is 206 g/mol. The molecule has 1 aromatic heterocycles. The molecule has 0 aliphatic rings. The summed E-state index contributed by atoms with van der Waals surface area (Å²) < 4.78 is 0. The van der Waals surface area contributed by atoms with E-state index in [1.807, 2.05) is 6.92 Å². The highest BCUT2D eigenvalue weighted by Crippen LogP contribution is 2.20. The first-order valence-corrected chi connectivity index (χ1v) is 4.85. The molecule has 5 heteroatoms. The minimum Gasteiger partial charge on any atom is -0.478 e. The third-order valence-corrected chi connectivity index (χ3v) is 2.46. The summed E-state index contributed by atoms with van der Waals surface area (Å²) in [7, 11) is 1.77. The summed E-state index contributed by atoms with van der Waals surface area (Å²) in [5.41, 5.74) is 0.722. The van der Waals surface area contributed by atoms with Crippen LogP contribution in [0.25, 0.3) is 0 Å². The molecule has 0 amide bonds. The zero-order valence-corrected chi connectivity index (χ0v) is 9.21. The Bertz CT molecular complexity index is 425. The van der Waals surface area contributed by atoms with Crippen molar-refractivity contribution in [3.63, 3.8) is 0 Å². The van der Waals surface area contributed by atoms with E-state index in [0.717, 1.165) is 0 Å². The third kappa shape index (κ3) is 2.48. The normalized spacial score (nSPS) is 11.6. The van der Waals surface area contributed by atoms with Crippen LogP contribution in [0.5, 0.6) is 0 Å². The fourth-order valence-electron chi connectivity index (χ4n) is 1.37. The van der Waals surface area contributed by atoms with E-state index in [9.17, 15) is 4.79 Å². The topological polar surface area (TPSA) is 77.2 Å². The van der Waals surface area contributed by atoms with E-state index in [-0.39, 0.29) is 11.6 Å². The molecule has 0 aromatic carbocycles. The second-order valence-electron chi connectivity index (χ2n) is 3.52. The van der Waals surface area contributed by atoms with Gasteiger partial charge >= 0.3 is 5.97 Å². The average molecular weight is 219 g/mol. The highest BCUT2D eigenvalue weighted by molar-refractivity contribution is 5.94. The summed E-state index contributed by atoms with van der Waals surface area (Å²) in [6, 6.07) is 3.66. The Morgan fingerprint density at radius 2 is 2.44 bits per heavy atom. The number of aromatic carboxylic acids is 1. The number of carboxylic acid groups (broad SMARTS) is 1. The molecule has 0 aliphatic heterocycles. The molecule has 1 aromatic rings. The smallest absolute Gasteiger partial charge is 0.339 e. The van der Waals surface area contributed by atoms with Crippen LogP contribution in [-0.4, -0.2) is 29.1 Å². The third-order valence-electron chi connectivity index (χ3n) is 2.46. The summed E-state index contributed by atoms with van der Waals surface area (Å²) in [5, 5.41) is 17.6. The summed E-state index contributed by atoms with van der Waals surface area (Å²) >= 11 is 0. The van der Waals surface area contributed by atoms with E-state index in [1.165, 1.54) is 12.4 Å². The van der Waals surface area contributed by atoms with E-state index < -0.39 is 5.97 Å². The highest BCUT2D eigenvalue weighted by atomic mass is 16.4. The van der Waals surface area contributed by atoms with Crippen LogP contribution in [0.2, 0.25) is 0 Å². The minimum atomic E-state index is -1.01. The number of hydrogen-bond donors (Lipinski definition) is 1. The zero-order valence-electron chi connectivity index (χ0n) is 9.21. The summed E-state index contributed by atoms with van der Waals surface area (Å²) in [6.45, 7) is 1.87. The number of carboxylic acids is 1. The lowest BCUT2D eigenvalue weighted by Crippen LogP contribution is -2.29. The highest BCUT2D eigenvalue weighted by Gasteiger charge is 2.16. The van der Waals surface area contributed by atoms with Gasteiger partial charge in [0, 0.05) is 25.5 Å². The molecule has 1 rings (SSSR count). The average Bonchev–Trinajstić information content (AvgIpc) is 2.28. The van der Waals surface area contributed by atoms with Crippen molar-refractivity contribution in [2.24, 2.45) is 0 Å². The Kier molecular flexibility index (Phi) is 3.84. The minimum absolute atomic E-state index is 0.0366. The lowest BCUT2D eigenvalue weighted by molar-refractivity contribution is 0.0697. The zero-order chi connectivity index (χ0) is 12.1. The van der Waals surface area contributed by atoms with Gasteiger partial charge in [0.1, 0.15) is 5.56 Å². The standard InChI is InChI=1S/C11H13N3O2/c1-8(3-5-12)14(2)10-4-6-13-7-9(10)11(15)16/h4,6-8H,3H2,1-2H3,(H,15,16). The first-order valence-electron chi connectivity index (χ1n) is 4.85. The van der Waals surface area contributed by atoms with Crippen molar-refractivity contribution in [1.29, 1.82) is 5.26 Å². The number of nitriles is 1. The molecule has 0 saturated heterocycles. The van der Waals surface area contributed by atoms with E-state index in [0.29, 0.717) is 12.1 Å².